The van der Waals surface area contributed by atoms with E-state index in [0.29, 0.717) is 5.92 Å². The fourth-order valence-electron chi connectivity index (χ4n) is 3.37. The fraction of sp³-hybridized carbons (Fsp3) is 0.933. The number of hydrogen-bond acceptors (Lipinski definition) is 3. The van der Waals surface area contributed by atoms with Crippen LogP contribution >= 0.6 is 0 Å². The first-order valence-corrected chi connectivity index (χ1v) is 7.36. The summed E-state index contributed by atoms with van der Waals surface area (Å²) in [4.78, 5) is 11.9. The molecule has 2 fully saturated rings. The highest BCUT2D eigenvalue weighted by molar-refractivity contribution is 5.72. The number of rotatable bonds is 0. The van der Waals surface area contributed by atoms with Crippen molar-refractivity contribution < 1.29 is 14.3 Å². The molecule has 0 aromatic heterocycles. The molecule has 0 N–H and O–H groups in total. The van der Waals surface area contributed by atoms with Crippen molar-refractivity contribution in [2.45, 2.75) is 59.0 Å². The normalized spacial score (nSPS) is 42.8. The maximum absolute atomic E-state index is 11.9. The van der Waals surface area contributed by atoms with Gasteiger partial charge in [0.15, 0.2) is 6.79 Å². The minimum Gasteiger partial charge on any atom is -0.438 e. The van der Waals surface area contributed by atoms with Gasteiger partial charge in [-0.15, -0.1) is 0 Å². The third-order valence-electron chi connectivity index (χ3n) is 4.98. The van der Waals surface area contributed by atoms with Gasteiger partial charge in [-0.25, -0.2) is 0 Å². The van der Waals surface area contributed by atoms with Gasteiger partial charge in [-0.2, -0.15) is 0 Å². The number of ether oxygens (including phenoxy) is 2. The lowest BCUT2D eigenvalue weighted by Crippen LogP contribution is -2.31. The Morgan fingerprint density at radius 2 is 1.72 bits per heavy atom. The van der Waals surface area contributed by atoms with Crippen LogP contribution in [0.2, 0.25) is 0 Å². The van der Waals surface area contributed by atoms with Crippen LogP contribution in [0, 0.1) is 23.7 Å². The Labute approximate surface area is 110 Å². The van der Waals surface area contributed by atoms with E-state index in [0.717, 1.165) is 18.3 Å². The van der Waals surface area contributed by atoms with Gasteiger partial charge in [0.1, 0.15) is 0 Å². The fourth-order valence-corrected chi connectivity index (χ4v) is 3.37. The van der Waals surface area contributed by atoms with E-state index in [1.165, 1.54) is 25.7 Å². The zero-order valence-electron chi connectivity index (χ0n) is 11.9. The molecule has 3 heteroatoms. The van der Waals surface area contributed by atoms with Crippen LogP contribution < -0.4 is 0 Å². The number of cyclic esters (lactones) is 1. The Hall–Kier alpha value is -0.570. The summed E-state index contributed by atoms with van der Waals surface area (Å²) in [5, 5.41) is 0. The van der Waals surface area contributed by atoms with Crippen molar-refractivity contribution in [3.8, 4) is 0 Å². The summed E-state index contributed by atoms with van der Waals surface area (Å²) in [6.07, 6.45) is 6.10. The predicted octanol–water partition coefficient (Wildman–Crippen LogP) is 3.37. The Bertz CT molecular complexity index is 289. The van der Waals surface area contributed by atoms with Crippen LogP contribution in [0.15, 0.2) is 0 Å². The van der Waals surface area contributed by atoms with E-state index in [1.54, 1.807) is 0 Å². The molecule has 5 atom stereocenters. The van der Waals surface area contributed by atoms with Gasteiger partial charge >= 0.3 is 5.97 Å². The smallest absolute Gasteiger partial charge is 0.311 e. The second kappa shape index (κ2) is 6.05. The van der Waals surface area contributed by atoms with E-state index in [2.05, 4.69) is 13.8 Å². The van der Waals surface area contributed by atoms with Crippen LogP contribution in [0.3, 0.4) is 0 Å². The van der Waals surface area contributed by atoms with Gasteiger partial charge in [0, 0.05) is 0 Å². The number of carbonyl (C=O) groups is 1. The first-order chi connectivity index (χ1) is 8.58. The maximum atomic E-state index is 11.9. The molecule has 0 spiro atoms. The van der Waals surface area contributed by atoms with Gasteiger partial charge in [0.25, 0.3) is 0 Å². The molecule has 0 unspecified atom stereocenters. The summed E-state index contributed by atoms with van der Waals surface area (Å²) in [5.41, 5.74) is 0. The van der Waals surface area contributed by atoms with E-state index < -0.39 is 0 Å². The highest BCUT2D eigenvalue weighted by atomic mass is 16.7. The van der Waals surface area contributed by atoms with Gasteiger partial charge in [-0.1, -0.05) is 20.3 Å². The summed E-state index contributed by atoms with van der Waals surface area (Å²) in [6, 6.07) is 0. The molecule has 18 heavy (non-hydrogen) atoms. The lowest BCUT2D eigenvalue weighted by Gasteiger charge is -2.36. The number of fused-ring (bicyclic) bond motifs is 2. The van der Waals surface area contributed by atoms with Crippen molar-refractivity contribution in [2.75, 3.05) is 6.79 Å². The first kappa shape index (κ1) is 13.9. The van der Waals surface area contributed by atoms with Crippen LogP contribution in [0.4, 0.5) is 0 Å². The average Bonchev–Trinajstić information content (AvgIpc) is 2.37. The second-order valence-electron chi connectivity index (χ2n) is 6.24. The minimum atomic E-state index is -0.0811. The Kier molecular flexibility index (Phi) is 4.66. The summed E-state index contributed by atoms with van der Waals surface area (Å²) >= 11 is 0. The lowest BCUT2D eigenvalue weighted by molar-refractivity contribution is -0.166. The van der Waals surface area contributed by atoms with Gasteiger partial charge in [-0.3, -0.25) is 4.79 Å². The Balaban J connectivity index is 2.07. The summed E-state index contributed by atoms with van der Waals surface area (Å²) in [5.74, 6) is 1.99. The largest absolute Gasteiger partial charge is 0.438 e. The molecule has 3 nitrogen and oxygen atoms in total. The zero-order chi connectivity index (χ0) is 13.1. The van der Waals surface area contributed by atoms with Gasteiger partial charge in [-0.05, 0) is 50.4 Å². The number of carbonyl (C=O) groups excluding carboxylic acids is 1. The Morgan fingerprint density at radius 3 is 2.50 bits per heavy atom. The van der Waals surface area contributed by atoms with Crippen molar-refractivity contribution >= 4 is 5.97 Å². The minimum absolute atomic E-state index is 0.0250. The summed E-state index contributed by atoms with van der Waals surface area (Å²) < 4.78 is 10.7. The van der Waals surface area contributed by atoms with Crippen LogP contribution in [-0.4, -0.2) is 18.9 Å². The van der Waals surface area contributed by atoms with Crippen molar-refractivity contribution in [1.82, 2.24) is 0 Å². The molecule has 0 radical (unpaired) electrons. The molecule has 1 saturated carbocycles. The Morgan fingerprint density at radius 1 is 1.00 bits per heavy atom. The van der Waals surface area contributed by atoms with Crippen molar-refractivity contribution in [3.63, 3.8) is 0 Å². The standard InChI is InChI=1S/C15H26O3/c1-10-4-6-14-8-13(10)7-5-11(2)17-9-18-15(16)12(14)3/h10-14H,4-9H2,1-3H3/t10-,11+,12-,13-,14-/m1/s1. The van der Waals surface area contributed by atoms with E-state index in [4.69, 9.17) is 9.47 Å². The van der Waals surface area contributed by atoms with Crippen molar-refractivity contribution in [2.24, 2.45) is 23.7 Å². The third-order valence-corrected chi connectivity index (χ3v) is 4.98. The summed E-state index contributed by atoms with van der Waals surface area (Å²) in [6.45, 7) is 6.56. The maximum Gasteiger partial charge on any atom is 0.311 e. The van der Waals surface area contributed by atoms with Gasteiger partial charge in [0.2, 0.25) is 0 Å². The molecular formula is C15H26O3. The van der Waals surface area contributed by atoms with Crippen LogP contribution in [-0.2, 0) is 14.3 Å². The molecule has 1 aliphatic heterocycles. The SMILES string of the molecule is C[C@@H]1CC[C@@H]2C[C@H]1CC[C@H](C)OCOC(=O)[C@@H]2C. The topological polar surface area (TPSA) is 35.5 Å². The zero-order valence-corrected chi connectivity index (χ0v) is 11.9. The van der Waals surface area contributed by atoms with Crippen LogP contribution in [0.1, 0.15) is 52.9 Å². The molecule has 104 valence electrons. The van der Waals surface area contributed by atoms with Gasteiger partial charge < -0.3 is 9.47 Å². The number of hydrogen-bond donors (Lipinski definition) is 0. The molecule has 1 heterocycles. The van der Waals surface area contributed by atoms with Crippen LogP contribution in [0.5, 0.6) is 0 Å². The molecular weight excluding hydrogens is 228 g/mol. The van der Waals surface area contributed by atoms with E-state index in [9.17, 15) is 4.79 Å². The monoisotopic (exact) mass is 254 g/mol. The molecule has 2 rings (SSSR count). The molecule has 2 aliphatic rings. The quantitative estimate of drug-likeness (QED) is 0.622. The molecule has 2 bridgehead atoms. The van der Waals surface area contributed by atoms with Crippen molar-refractivity contribution in [3.05, 3.63) is 0 Å². The van der Waals surface area contributed by atoms with E-state index in [-0.39, 0.29) is 24.8 Å². The van der Waals surface area contributed by atoms with E-state index in [1.807, 2.05) is 6.92 Å². The van der Waals surface area contributed by atoms with Crippen LogP contribution in [0.25, 0.3) is 0 Å². The predicted molar refractivity (Wildman–Crippen MR) is 69.9 cm³/mol. The molecule has 1 aliphatic carbocycles. The highest BCUT2D eigenvalue weighted by Gasteiger charge is 2.34. The first-order valence-electron chi connectivity index (χ1n) is 7.36. The van der Waals surface area contributed by atoms with E-state index >= 15 is 0 Å². The molecule has 0 aromatic rings. The van der Waals surface area contributed by atoms with Crippen molar-refractivity contribution in [1.29, 1.82) is 0 Å². The molecule has 1 saturated heterocycles. The third kappa shape index (κ3) is 3.25. The highest BCUT2D eigenvalue weighted by Crippen LogP contribution is 2.40. The molecule has 0 amide bonds. The average molecular weight is 254 g/mol. The summed E-state index contributed by atoms with van der Waals surface area (Å²) in [7, 11) is 0. The second-order valence-corrected chi connectivity index (χ2v) is 6.24. The molecule has 0 aromatic carbocycles. The van der Waals surface area contributed by atoms with Gasteiger partial charge in [0.05, 0.1) is 12.0 Å². The number of esters is 1. The lowest BCUT2D eigenvalue weighted by atomic mass is 9.69.